The molecule has 0 spiro atoms. The van der Waals surface area contributed by atoms with Gasteiger partial charge < -0.3 is 16.2 Å². The highest BCUT2D eigenvalue weighted by molar-refractivity contribution is 5.97. The zero-order valence-electron chi connectivity index (χ0n) is 10.6. The van der Waals surface area contributed by atoms with Crippen molar-refractivity contribution in [2.75, 3.05) is 6.54 Å². The molecule has 0 aromatic heterocycles. The lowest BCUT2D eigenvalue weighted by Crippen LogP contribution is -2.39. The van der Waals surface area contributed by atoms with E-state index in [1.165, 1.54) is 0 Å². The molecule has 4 N–H and O–H groups in total. The predicted octanol–water partition coefficient (Wildman–Crippen LogP) is 1.56. The smallest absolute Gasteiger partial charge is 0.255 e. The van der Waals surface area contributed by atoms with Gasteiger partial charge in [-0.15, -0.1) is 0 Å². The third kappa shape index (κ3) is 2.64. The minimum absolute atomic E-state index is 0.0281. The van der Waals surface area contributed by atoms with Gasteiger partial charge in [0.2, 0.25) is 0 Å². The molecule has 2 atom stereocenters. The molecule has 4 nitrogen and oxygen atoms in total. The first-order valence-electron chi connectivity index (χ1n) is 6.42. The van der Waals surface area contributed by atoms with Crippen LogP contribution in [-0.2, 0) is 0 Å². The fourth-order valence-corrected chi connectivity index (χ4v) is 2.59. The average Bonchev–Trinajstić information content (AvgIpc) is 2.79. The number of carbonyl (C=O) groups excluding carboxylic acids is 1. The number of benzene rings is 1. The monoisotopic (exact) mass is 248 g/mol. The van der Waals surface area contributed by atoms with Gasteiger partial charge in [-0.2, -0.15) is 0 Å². The number of hydrogen-bond acceptors (Lipinski definition) is 3. The average molecular weight is 248 g/mol. The van der Waals surface area contributed by atoms with E-state index in [0.29, 0.717) is 18.0 Å². The SMILES string of the molecule is Cc1ccc(O)c(C(=O)NC2CCCC2CN)c1. The van der Waals surface area contributed by atoms with E-state index < -0.39 is 0 Å². The molecule has 1 amide bonds. The number of nitrogens with two attached hydrogens (primary N) is 1. The van der Waals surface area contributed by atoms with Crippen LogP contribution >= 0.6 is 0 Å². The Morgan fingerprint density at radius 1 is 1.50 bits per heavy atom. The summed E-state index contributed by atoms with van der Waals surface area (Å²) in [6.07, 6.45) is 3.15. The number of nitrogens with one attached hydrogen (secondary N) is 1. The fourth-order valence-electron chi connectivity index (χ4n) is 2.59. The van der Waals surface area contributed by atoms with E-state index in [9.17, 15) is 9.90 Å². The summed E-state index contributed by atoms with van der Waals surface area (Å²) >= 11 is 0. The summed E-state index contributed by atoms with van der Waals surface area (Å²) in [5.74, 6) is 0.183. The number of amides is 1. The zero-order valence-corrected chi connectivity index (χ0v) is 10.6. The maximum absolute atomic E-state index is 12.1. The molecule has 1 aromatic carbocycles. The summed E-state index contributed by atoms with van der Waals surface area (Å²) < 4.78 is 0. The molecule has 2 rings (SSSR count). The number of hydrogen-bond donors (Lipinski definition) is 3. The van der Waals surface area contributed by atoms with Gasteiger partial charge >= 0.3 is 0 Å². The third-order valence-electron chi connectivity index (χ3n) is 3.67. The number of carbonyl (C=O) groups is 1. The molecule has 0 bridgehead atoms. The van der Waals surface area contributed by atoms with Crippen molar-refractivity contribution < 1.29 is 9.90 Å². The van der Waals surface area contributed by atoms with Crippen molar-refractivity contribution in [3.8, 4) is 5.75 Å². The molecule has 0 heterocycles. The van der Waals surface area contributed by atoms with Crippen LogP contribution in [0.15, 0.2) is 18.2 Å². The highest BCUT2D eigenvalue weighted by Crippen LogP contribution is 2.26. The molecular weight excluding hydrogens is 228 g/mol. The van der Waals surface area contributed by atoms with Crippen molar-refractivity contribution in [3.63, 3.8) is 0 Å². The molecule has 1 aliphatic carbocycles. The van der Waals surface area contributed by atoms with Crippen LogP contribution < -0.4 is 11.1 Å². The summed E-state index contributed by atoms with van der Waals surface area (Å²) in [6, 6.07) is 5.18. The van der Waals surface area contributed by atoms with Crippen molar-refractivity contribution in [3.05, 3.63) is 29.3 Å². The first-order valence-corrected chi connectivity index (χ1v) is 6.42. The Balaban J connectivity index is 2.09. The zero-order chi connectivity index (χ0) is 13.1. The molecule has 0 saturated heterocycles. The molecular formula is C14H20N2O2. The number of phenols is 1. The first kappa shape index (κ1) is 12.9. The van der Waals surface area contributed by atoms with Gasteiger partial charge in [-0.1, -0.05) is 18.1 Å². The number of rotatable bonds is 3. The molecule has 4 heteroatoms. The van der Waals surface area contributed by atoms with Crippen LogP contribution in [-0.4, -0.2) is 23.6 Å². The molecule has 0 radical (unpaired) electrons. The van der Waals surface area contributed by atoms with Gasteiger partial charge in [0.05, 0.1) is 5.56 Å². The number of aryl methyl sites for hydroxylation is 1. The maximum atomic E-state index is 12.1. The molecule has 1 saturated carbocycles. The molecule has 18 heavy (non-hydrogen) atoms. The maximum Gasteiger partial charge on any atom is 0.255 e. The summed E-state index contributed by atoms with van der Waals surface area (Å²) in [6.45, 7) is 2.50. The topological polar surface area (TPSA) is 75.3 Å². The number of aromatic hydroxyl groups is 1. The Bertz CT molecular complexity index is 445. The Hall–Kier alpha value is -1.55. The highest BCUT2D eigenvalue weighted by atomic mass is 16.3. The first-order chi connectivity index (χ1) is 8.61. The molecule has 0 aliphatic heterocycles. The van der Waals surface area contributed by atoms with Crippen LogP contribution in [0.4, 0.5) is 0 Å². The minimum atomic E-state index is -0.207. The van der Waals surface area contributed by atoms with E-state index in [0.717, 1.165) is 24.8 Å². The second kappa shape index (κ2) is 5.40. The van der Waals surface area contributed by atoms with E-state index in [-0.39, 0.29) is 17.7 Å². The van der Waals surface area contributed by atoms with Crippen molar-refractivity contribution in [1.82, 2.24) is 5.32 Å². The van der Waals surface area contributed by atoms with Gasteiger partial charge in [-0.25, -0.2) is 0 Å². The van der Waals surface area contributed by atoms with E-state index in [4.69, 9.17) is 5.73 Å². The lowest BCUT2D eigenvalue weighted by Gasteiger charge is -2.19. The molecule has 98 valence electrons. The van der Waals surface area contributed by atoms with Gasteiger partial charge in [0.15, 0.2) is 0 Å². The van der Waals surface area contributed by atoms with Crippen LogP contribution in [0.1, 0.15) is 35.2 Å². The van der Waals surface area contributed by atoms with Gasteiger partial charge in [-0.05, 0) is 44.4 Å². The summed E-state index contributed by atoms with van der Waals surface area (Å²) in [5.41, 5.74) is 7.00. The quantitative estimate of drug-likeness (QED) is 0.759. The highest BCUT2D eigenvalue weighted by Gasteiger charge is 2.28. The van der Waals surface area contributed by atoms with Crippen molar-refractivity contribution >= 4 is 5.91 Å². The normalized spacial score (nSPS) is 23.0. The number of phenolic OH excluding ortho intramolecular Hbond substituents is 1. The Morgan fingerprint density at radius 3 is 3.00 bits per heavy atom. The second-order valence-corrected chi connectivity index (χ2v) is 5.03. The third-order valence-corrected chi connectivity index (χ3v) is 3.67. The van der Waals surface area contributed by atoms with E-state index in [1.54, 1.807) is 18.2 Å². The van der Waals surface area contributed by atoms with Crippen LogP contribution in [0.25, 0.3) is 0 Å². The fraction of sp³-hybridized carbons (Fsp3) is 0.500. The second-order valence-electron chi connectivity index (χ2n) is 5.03. The predicted molar refractivity (Wildman–Crippen MR) is 70.5 cm³/mol. The molecule has 1 aromatic rings. The van der Waals surface area contributed by atoms with Gasteiger partial charge in [0, 0.05) is 6.04 Å². The summed E-state index contributed by atoms with van der Waals surface area (Å²) in [5, 5.41) is 12.7. The van der Waals surface area contributed by atoms with E-state index >= 15 is 0 Å². The summed E-state index contributed by atoms with van der Waals surface area (Å²) in [7, 11) is 0. The van der Waals surface area contributed by atoms with Crippen LogP contribution in [0.3, 0.4) is 0 Å². The van der Waals surface area contributed by atoms with Crippen LogP contribution in [0.5, 0.6) is 5.75 Å². The van der Waals surface area contributed by atoms with E-state index in [2.05, 4.69) is 5.32 Å². The lowest BCUT2D eigenvalue weighted by molar-refractivity contribution is 0.0926. The van der Waals surface area contributed by atoms with Gasteiger partial charge in [0.1, 0.15) is 5.75 Å². The standard InChI is InChI=1S/C14H20N2O2/c1-9-5-6-13(17)11(7-9)14(18)16-12-4-2-3-10(12)8-15/h5-7,10,12,17H,2-4,8,15H2,1H3,(H,16,18). The van der Waals surface area contributed by atoms with Crippen molar-refractivity contribution in [2.45, 2.75) is 32.2 Å². The van der Waals surface area contributed by atoms with Gasteiger partial charge in [-0.3, -0.25) is 4.79 Å². The molecule has 1 aliphatic rings. The van der Waals surface area contributed by atoms with Crippen LogP contribution in [0.2, 0.25) is 0 Å². The largest absolute Gasteiger partial charge is 0.507 e. The minimum Gasteiger partial charge on any atom is -0.507 e. The molecule has 2 unspecified atom stereocenters. The molecule has 1 fully saturated rings. The Labute approximate surface area is 107 Å². The van der Waals surface area contributed by atoms with Gasteiger partial charge in [0.25, 0.3) is 5.91 Å². The Morgan fingerprint density at radius 2 is 2.28 bits per heavy atom. The lowest BCUT2D eigenvalue weighted by atomic mass is 10.0. The Kier molecular flexibility index (Phi) is 3.87. The summed E-state index contributed by atoms with van der Waals surface area (Å²) in [4.78, 5) is 12.1. The van der Waals surface area contributed by atoms with Crippen molar-refractivity contribution in [1.29, 1.82) is 0 Å². The van der Waals surface area contributed by atoms with Crippen molar-refractivity contribution in [2.24, 2.45) is 11.7 Å². The van der Waals surface area contributed by atoms with E-state index in [1.807, 2.05) is 6.92 Å². The van der Waals surface area contributed by atoms with Crippen LogP contribution in [0, 0.1) is 12.8 Å².